The van der Waals surface area contributed by atoms with Crippen molar-refractivity contribution in [2.75, 3.05) is 0 Å². The Hall–Kier alpha value is -1.72. The van der Waals surface area contributed by atoms with Gasteiger partial charge in [0.1, 0.15) is 11.8 Å². The zero-order valence-electron chi connectivity index (χ0n) is 6.39. The number of carbonyl (C=O) groups is 4. The van der Waals surface area contributed by atoms with Crippen LogP contribution in [0.3, 0.4) is 0 Å². The summed E-state index contributed by atoms with van der Waals surface area (Å²) in [4.78, 5) is 42.5. The van der Waals surface area contributed by atoms with E-state index in [2.05, 4.69) is 0 Å². The Morgan fingerprint density at radius 1 is 1.00 bits per heavy atom. The van der Waals surface area contributed by atoms with Crippen molar-refractivity contribution < 1.29 is 29.4 Å². The summed E-state index contributed by atoms with van der Waals surface area (Å²) in [6.07, 6.45) is -0.428. The third-order valence-corrected chi connectivity index (χ3v) is 1.94. The fourth-order valence-corrected chi connectivity index (χ4v) is 1.22. The van der Waals surface area contributed by atoms with E-state index in [0.717, 1.165) is 0 Å². The first kappa shape index (κ1) is 9.37. The molecule has 0 amide bonds. The third kappa shape index (κ3) is 1.42. The molecule has 0 aromatic rings. The smallest absolute Gasteiger partial charge is 0.314 e. The van der Waals surface area contributed by atoms with E-state index < -0.39 is 41.8 Å². The lowest BCUT2D eigenvalue weighted by Crippen LogP contribution is -2.23. The Morgan fingerprint density at radius 2 is 1.31 bits per heavy atom. The summed E-state index contributed by atoms with van der Waals surface area (Å²) in [6, 6.07) is 0. The van der Waals surface area contributed by atoms with E-state index in [1.165, 1.54) is 0 Å². The van der Waals surface area contributed by atoms with Gasteiger partial charge in [-0.15, -0.1) is 0 Å². The second-order valence-corrected chi connectivity index (χ2v) is 2.75. The number of Topliss-reactive ketones (excluding diaryl/α,β-unsaturated/α-hetero) is 2. The lowest BCUT2D eigenvalue weighted by atomic mass is 10.1. The van der Waals surface area contributed by atoms with Crippen LogP contribution in [-0.2, 0) is 19.2 Å². The van der Waals surface area contributed by atoms with Gasteiger partial charge in [-0.05, 0) is 6.42 Å². The Kier molecular flexibility index (Phi) is 2.14. The highest BCUT2D eigenvalue weighted by atomic mass is 16.4. The number of carboxylic acid groups (broad SMARTS) is 2. The SMILES string of the molecule is O=C(O)C1CC(C(=O)O)C(=O)C1=O. The fourth-order valence-electron chi connectivity index (χ4n) is 1.22. The number of ketones is 2. The molecule has 0 aromatic carbocycles. The monoisotopic (exact) mass is 186 g/mol. The van der Waals surface area contributed by atoms with Crippen molar-refractivity contribution in [1.29, 1.82) is 0 Å². The fraction of sp³-hybridized carbons (Fsp3) is 0.429. The summed E-state index contributed by atoms with van der Waals surface area (Å²) < 4.78 is 0. The summed E-state index contributed by atoms with van der Waals surface area (Å²) in [5, 5.41) is 16.9. The predicted octanol–water partition coefficient (Wildman–Crippen LogP) is -1.07. The van der Waals surface area contributed by atoms with E-state index in [0.29, 0.717) is 0 Å². The van der Waals surface area contributed by atoms with Crippen molar-refractivity contribution in [3.05, 3.63) is 0 Å². The second kappa shape index (κ2) is 2.96. The molecule has 1 saturated carbocycles. The molecule has 1 aliphatic carbocycles. The first-order chi connectivity index (χ1) is 5.95. The van der Waals surface area contributed by atoms with Gasteiger partial charge in [0.25, 0.3) is 0 Å². The number of carboxylic acids is 2. The Balaban J connectivity index is 2.91. The molecule has 0 aromatic heterocycles. The van der Waals surface area contributed by atoms with Crippen LogP contribution >= 0.6 is 0 Å². The zero-order valence-corrected chi connectivity index (χ0v) is 6.39. The first-order valence-corrected chi connectivity index (χ1v) is 3.48. The molecule has 0 radical (unpaired) electrons. The number of hydrogen-bond acceptors (Lipinski definition) is 4. The van der Waals surface area contributed by atoms with E-state index in [1.54, 1.807) is 0 Å². The van der Waals surface area contributed by atoms with Crippen LogP contribution in [0, 0.1) is 11.8 Å². The van der Waals surface area contributed by atoms with E-state index in [-0.39, 0.29) is 0 Å². The lowest BCUT2D eigenvalue weighted by Gasteiger charge is -1.98. The molecule has 1 rings (SSSR count). The molecule has 2 atom stereocenters. The van der Waals surface area contributed by atoms with Crippen LogP contribution in [0.5, 0.6) is 0 Å². The van der Waals surface area contributed by atoms with Crippen molar-refractivity contribution in [2.24, 2.45) is 11.8 Å². The molecule has 1 fully saturated rings. The Morgan fingerprint density at radius 3 is 1.46 bits per heavy atom. The highest BCUT2D eigenvalue weighted by Gasteiger charge is 2.48. The van der Waals surface area contributed by atoms with Gasteiger partial charge in [-0.3, -0.25) is 19.2 Å². The highest BCUT2D eigenvalue weighted by molar-refractivity contribution is 6.46. The van der Waals surface area contributed by atoms with Gasteiger partial charge in [-0.25, -0.2) is 0 Å². The quantitative estimate of drug-likeness (QED) is 0.419. The van der Waals surface area contributed by atoms with Gasteiger partial charge in [0.15, 0.2) is 0 Å². The van der Waals surface area contributed by atoms with Crippen molar-refractivity contribution in [2.45, 2.75) is 6.42 Å². The number of hydrogen-bond donors (Lipinski definition) is 2. The molecular formula is C7H6O6. The van der Waals surface area contributed by atoms with E-state index in [4.69, 9.17) is 10.2 Å². The molecule has 1 aliphatic rings. The van der Waals surface area contributed by atoms with E-state index >= 15 is 0 Å². The van der Waals surface area contributed by atoms with Crippen LogP contribution in [0.4, 0.5) is 0 Å². The Bertz CT molecular complexity index is 274. The molecule has 13 heavy (non-hydrogen) atoms. The highest BCUT2D eigenvalue weighted by Crippen LogP contribution is 2.25. The van der Waals surface area contributed by atoms with Gasteiger partial charge in [-0.1, -0.05) is 0 Å². The molecule has 70 valence electrons. The zero-order chi connectivity index (χ0) is 10.2. The minimum atomic E-state index is -1.48. The van der Waals surface area contributed by atoms with Gasteiger partial charge in [0.2, 0.25) is 11.6 Å². The number of rotatable bonds is 2. The van der Waals surface area contributed by atoms with Crippen LogP contribution in [0.1, 0.15) is 6.42 Å². The average molecular weight is 186 g/mol. The first-order valence-electron chi connectivity index (χ1n) is 3.48. The van der Waals surface area contributed by atoms with Gasteiger partial charge in [0.05, 0.1) is 0 Å². The average Bonchev–Trinajstić information content (AvgIpc) is 2.29. The predicted molar refractivity (Wildman–Crippen MR) is 36.9 cm³/mol. The molecule has 6 nitrogen and oxygen atoms in total. The summed E-state index contributed by atoms with van der Waals surface area (Å²) in [5.41, 5.74) is 0. The number of aliphatic carboxylic acids is 2. The van der Waals surface area contributed by atoms with Crippen LogP contribution in [0.25, 0.3) is 0 Å². The number of carbonyl (C=O) groups excluding carboxylic acids is 2. The topological polar surface area (TPSA) is 109 Å². The van der Waals surface area contributed by atoms with Crippen LogP contribution in [0.2, 0.25) is 0 Å². The summed E-state index contributed by atoms with van der Waals surface area (Å²) in [5.74, 6) is -8.06. The molecule has 0 spiro atoms. The lowest BCUT2D eigenvalue weighted by molar-refractivity contribution is -0.149. The molecule has 0 bridgehead atoms. The summed E-state index contributed by atoms with van der Waals surface area (Å²) in [7, 11) is 0. The molecule has 2 unspecified atom stereocenters. The van der Waals surface area contributed by atoms with Crippen molar-refractivity contribution in [1.82, 2.24) is 0 Å². The van der Waals surface area contributed by atoms with Gasteiger partial charge in [0, 0.05) is 0 Å². The summed E-state index contributed by atoms with van der Waals surface area (Å²) >= 11 is 0. The maximum absolute atomic E-state index is 10.9. The molecule has 0 aliphatic heterocycles. The molecule has 6 heteroatoms. The molecule has 2 N–H and O–H groups in total. The maximum Gasteiger partial charge on any atom is 0.314 e. The van der Waals surface area contributed by atoms with E-state index in [9.17, 15) is 19.2 Å². The second-order valence-electron chi connectivity index (χ2n) is 2.75. The minimum Gasteiger partial charge on any atom is -0.481 e. The van der Waals surface area contributed by atoms with Crippen molar-refractivity contribution >= 4 is 23.5 Å². The Labute approximate surface area is 72.2 Å². The van der Waals surface area contributed by atoms with Gasteiger partial charge in [-0.2, -0.15) is 0 Å². The van der Waals surface area contributed by atoms with E-state index in [1.807, 2.05) is 0 Å². The molecule has 0 saturated heterocycles. The normalized spacial score (nSPS) is 27.7. The molecule has 0 heterocycles. The minimum absolute atomic E-state index is 0.428. The van der Waals surface area contributed by atoms with Crippen LogP contribution < -0.4 is 0 Å². The van der Waals surface area contributed by atoms with Crippen molar-refractivity contribution in [3.8, 4) is 0 Å². The van der Waals surface area contributed by atoms with Gasteiger partial charge < -0.3 is 10.2 Å². The standard InChI is InChI=1S/C7H6O6/c8-4-2(6(10)11)1-3(5(4)9)7(12)13/h2-3H,1H2,(H,10,11)(H,12,13). The van der Waals surface area contributed by atoms with Gasteiger partial charge >= 0.3 is 11.9 Å². The largest absolute Gasteiger partial charge is 0.481 e. The maximum atomic E-state index is 10.9. The third-order valence-electron chi connectivity index (χ3n) is 1.94. The van der Waals surface area contributed by atoms with Crippen LogP contribution in [0.15, 0.2) is 0 Å². The van der Waals surface area contributed by atoms with Crippen LogP contribution in [-0.4, -0.2) is 33.7 Å². The summed E-state index contributed by atoms with van der Waals surface area (Å²) in [6.45, 7) is 0. The molecular weight excluding hydrogens is 180 g/mol. The van der Waals surface area contributed by atoms with Crippen molar-refractivity contribution in [3.63, 3.8) is 0 Å².